The standard InChI is InChI=1S/C21H23NO3/c1-25-21(24)19-13-6-5-12-18(19)20(23)22-14-8-7-11-17(15-22)16-9-3-2-4-10-16/h2-6,9-10,12-13,17H,7-8,11,14-15H2,1H3. The van der Waals surface area contributed by atoms with Crippen molar-refractivity contribution in [1.82, 2.24) is 4.90 Å². The summed E-state index contributed by atoms with van der Waals surface area (Å²) in [4.78, 5) is 27.0. The highest BCUT2D eigenvalue weighted by Crippen LogP contribution is 2.27. The number of carbonyl (C=O) groups excluding carboxylic acids is 2. The number of hydrogen-bond donors (Lipinski definition) is 0. The van der Waals surface area contributed by atoms with Crippen LogP contribution in [0, 0.1) is 0 Å². The van der Waals surface area contributed by atoms with Crippen LogP contribution in [0.2, 0.25) is 0 Å². The molecule has 0 aromatic heterocycles. The smallest absolute Gasteiger partial charge is 0.338 e. The lowest BCUT2D eigenvalue weighted by atomic mass is 9.94. The average molecular weight is 337 g/mol. The molecule has 25 heavy (non-hydrogen) atoms. The summed E-state index contributed by atoms with van der Waals surface area (Å²) in [6.45, 7) is 1.40. The van der Waals surface area contributed by atoms with Gasteiger partial charge in [0.1, 0.15) is 0 Å². The van der Waals surface area contributed by atoms with E-state index < -0.39 is 5.97 Å². The molecular formula is C21H23NO3. The molecule has 2 aromatic rings. The van der Waals surface area contributed by atoms with Crippen LogP contribution in [0.5, 0.6) is 0 Å². The number of esters is 1. The van der Waals surface area contributed by atoms with Crippen molar-refractivity contribution < 1.29 is 14.3 Å². The van der Waals surface area contributed by atoms with Crippen LogP contribution in [-0.2, 0) is 4.74 Å². The molecule has 0 aliphatic carbocycles. The number of ether oxygens (including phenoxy) is 1. The van der Waals surface area contributed by atoms with E-state index in [1.165, 1.54) is 12.7 Å². The maximum absolute atomic E-state index is 13.1. The molecule has 4 heteroatoms. The molecule has 1 amide bonds. The highest BCUT2D eigenvalue weighted by atomic mass is 16.5. The van der Waals surface area contributed by atoms with Crippen LogP contribution >= 0.6 is 0 Å². The molecule has 0 radical (unpaired) electrons. The number of likely N-dealkylation sites (tertiary alicyclic amines) is 1. The number of hydrogen-bond acceptors (Lipinski definition) is 3. The Bertz CT molecular complexity index is 742. The number of benzene rings is 2. The zero-order valence-electron chi connectivity index (χ0n) is 14.5. The van der Waals surface area contributed by atoms with Gasteiger partial charge in [-0.1, -0.05) is 48.9 Å². The maximum Gasteiger partial charge on any atom is 0.338 e. The second kappa shape index (κ2) is 7.97. The molecule has 1 atom stereocenters. The molecule has 0 bridgehead atoms. The predicted octanol–water partition coefficient (Wildman–Crippen LogP) is 3.88. The fourth-order valence-corrected chi connectivity index (χ4v) is 3.45. The van der Waals surface area contributed by atoms with Crippen molar-refractivity contribution in [2.24, 2.45) is 0 Å². The van der Waals surface area contributed by atoms with E-state index in [-0.39, 0.29) is 5.91 Å². The lowest BCUT2D eigenvalue weighted by molar-refractivity contribution is 0.0590. The molecule has 1 fully saturated rings. The minimum atomic E-state index is -0.474. The van der Waals surface area contributed by atoms with Gasteiger partial charge in [-0.2, -0.15) is 0 Å². The third-order valence-corrected chi connectivity index (χ3v) is 4.79. The molecular weight excluding hydrogens is 314 g/mol. The lowest BCUT2D eigenvalue weighted by Gasteiger charge is -2.25. The van der Waals surface area contributed by atoms with Gasteiger partial charge in [0, 0.05) is 19.0 Å². The van der Waals surface area contributed by atoms with Crippen LogP contribution in [0.25, 0.3) is 0 Å². The average Bonchev–Trinajstić information content (AvgIpc) is 2.94. The molecule has 1 saturated heterocycles. The van der Waals surface area contributed by atoms with E-state index in [9.17, 15) is 9.59 Å². The SMILES string of the molecule is COC(=O)c1ccccc1C(=O)N1CCCCC(c2ccccc2)C1. The Labute approximate surface area is 148 Å². The van der Waals surface area contributed by atoms with Crippen LogP contribution in [0.3, 0.4) is 0 Å². The van der Waals surface area contributed by atoms with Crippen LogP contribution in [0.1, 0.15) is 51.5 Å². The number of rotatable bonds is 3. The van der Waals surface area contributed by atoms with Crippen molar-refractivity contribution >= 4 is 11.9 Å². The summed E-state index contributed by atoms with van der Waals surface area (Å²) in [6, 6.07) is 17.2. The first-order chi connectivity index (χ1) is 12.2. The van der Waals surface area contributed by atoms with Gasteiger partial charge in [-0.3, -0.25) is 4.79 Å². The van der Waals surface area contributed by atoms with Gasteiger partial charge in [-0.05, 0) is 30.5 Å². The summed E-state index contributed by atoms with van der Waals surface area (Å²) in [6.07, 6.45) is 3.16. The predicted molar refractivity (Wildman–Crippen MR) is 96.7 cm³/mol. The van der Waals surface area contributed by atoms with Gasteiger partial charge in [0.25, 0.3) is 5.91 Å². The Morgan fingerprint density at radius 3 is 2.36 bits per heavy atom. The summed E-state index contributed by atoms with van der Waals surface area (Å²) in [7, 11) is 1.33. The molecule has 1 aliphatic rings. The first-order valence-electron chi connectivity index (χ1n) is 8.72. The summed E-state index contributed by atoms with van der Waals surface area (Å²) in [5.74, 6) is -0.236. The minimum Gasteiger partial charge on any atom is -0.465 e. The highest BCUT2D eigenvalue weighted by Gasteiger charge is 2.26. The molecule has 1 aliphatic heterocycles. The van der Waals surface area contributed by atoms with Gasteiger partial charge in [0.2, 0.25) is 0 Å². The van der Waals surface area contributed by atoms with Crippen molar-refractivity contribution in [3.8, 4) is 0 Å². The van der Waals surface area contributed by atoms with Gasteiger partial charge >= 0.3 is 5.97 Å². The molecule has 0 N–H and O–H groups in total. The molecule has 130 valence electrons. The van der Waals surface area contributed by atoms with Crippen molar-refractivity contribution in [2.45, 2.75) is 25.2 Å². The van der Waals surface area contributed by atoms with Crippen molar-refractivity contribution in [3.05, 3.63) is 71.3 Å². The molecule has 0 spiro atoms. The number of methoxy groups -OCH3 is 1. The van der Waals surface area contributed by atoms with E-state index in [4.69, 9.17) is 4.74 Å². The molecule has 2 aromatic carbocycles. The van der Waals surface area contributed by atoms with Crippen molar-refractivity contribution in [3.63, 3.8) is 0 Å². The summed E-state index contributed by atoms with van der Waals surface area (Å²) in [5.41, 5.74) is 2.02. The fraction of sp³-hybridized carbons (Fsp3) is 0.333. The second-order valence-corrected chi connectivity index (χ2v) is 6.39. The Hall–Kier alpha value is -2.62. The monoisotopic (exact) mass is 337 g/mol. The number of amides is 1. The number of carbonyl (C=O) groups is 2. The summed E-state index contributed by atoms with van der Waals surface area (Å²) >= 11 is 0. The van der Waals surface area contributed by atoms with Gasteiger partial charge < -0.3 is 9.64 Å². The largest absolute Gasteiger partial charge is 0.465 e. The summed E-state index contributed by atoms with van der Waals surface area (Å²) < 4.78 is 4.82. The van der Waals surface area contributed by atoms with E-state index in [0.29, 0.717) is 23.6 Å². The van der Waals surface area contributed by atoms with Crippen LogP contribution < -0.4 is 0 Å². The molecule has 3 rings (SSSR count). The molecule has 1 unspecified atom stereocenters. The van der Waals surface area contributed by atoms with Crippen molar-refractivity contribution in [1.29, 1.82) is 0 Å². The van der Waals surface area contributed by atoms with Gasteiger partial charge in [0.05, 0.1) is 18.2 Å². The van der Waals surface area contributed by atoms with Crippen LogP contribution in [0.4, 0.5) is 0 Å². The summed E-state index contributed by atoms with van der Waals surface area (Å²) in [5, 5.41) is 0. The molecule has 4 nitrogen and oxygen atoms in total. The maximum atomic E-state index is 13.1. The molecule has 1 heterocycles. The minimum absolute atomic E-state index is 0.0937. The second-order valence-electron chi connectivity index (χ2n) is 6.39. The van der Waals surface area contributed by atoms with Gasteiger partial charge in [-0.15, -0.1) is 0 Å². The van der Waals surface area contributed by atoms with Crippen molar-refractivity contribution in [2.75, 3.05) is 20.2 Å². The first kappa shape index (κ1) is 17.2. The zero-order valence-corrected chi connectivity index (χ0v) is 14.5. The van der Waals surface area contributed by atoms with Gasteiger partial charge in [0.15, 0.2) is 0 Å². The third kappa shape index (κ3) is 3.90. The Balaban J connectivity index is 1.85. The van der Waals surface area contributed by atoms with E-state index in [1.807, 2.05) is 23.1 Å². The van der Waals surface area contributed by atoms with E-state index in [0.717, 1.165) is 25.8 Å². The van der Waals surface area contributed by atoms with Gasteiger partial charge in [-0.25, -0.2) is 4.79 Å². The normalized spacial score (nSPS) is 17.6. The zero-order chi connectivity index (χ0) is 17.6. The van der Waals surface area contributed by atoms with Crippen LogP contribution in [0.15, 0.2) is 54.6 Å². The first-order valence-corrected chi connectivity index (χ1v) is 8.72. The Kier molecular flexibility index (Phi) is 5.49. The Morgan fingerprint density at radius 2 is 1.64 bits per heavy atom. The third-order valence-electron chi connectivity index (χ3n) is 4.79. The Morgan fingerprint density at radius 1 is 0.960 bits per heavy atom. The molecule has 0 saturated carbocycles. The fourth-order valence-electron chi connectivity index (χ4n) is 3.45. The van der Waals surface area contributed by atoms with E-state index >= 15 is 0 Å². The topological polar surface area (TPSA) is 46.6 Å². The number of nitrogens with zero attached hydrogens (tertiary/aromatic N) is 1. The lowest BCUT2D eigenvalue weighted by Crippen LogP contribution is -2.35. The van der Waals surface area contributed by atoms with Crippen LogP contribution in [-0.4, -0.2) is 37.0 Å². The van der Waals surface area contributed by atoms with E-state index in [2.05, 4.69) is 12.1 Å². The quantitative estimate of drug-likeness (QED) is 0.799. The van der Waals surface area contributed by atoms with E-state index in [1.54, 1.807) is 24.3 Å². The highest BCUT2D eigenvalue weighted by molar-refractivity contribution is 6.05.